The number of anilines is 1. The van der Waals surface area contributed by atoms with Crippen LogP contribution in [0.15, 0.2) is 42.5 Å². The molecule has 1 amide bonds. The van der Waals surface area contributed by atoms with Crippen LogP contribution in [0.3, 0.4) is 0 Å². The number of hydrogen-bond acceptors (Lipinski definition) is 3. The van der Waals surface area contributed by atoms with Crippen LogP contribution in [0.1, 0.15) is 52.5 Å². The van der Waals surface area contributed by atoms with Gasteiger partial charge in [0, 0.05) is 32.6 Å². The van der Waals surface area contributed by atoms with E-state index in [1.807, 2.05) is 12.1 Å². The van der Waals surface area contributed by atoms with Gasteiger partial charge in [-0.05, 0) is 55.2 Å². The van der Waals surface area contributed by atoms with Gasteiger partial charge in [-0.15, -0.1) is 0 Å². The summed E-state index contributed by atoms with van der Waals surface area (Å²) in [6.07, 6.45) is 3.05. The predicted octanol–water partition coefficient (Wildman–Crippen LogP) is 5.69. The molecule has 2 unspecified atom stereocenters. The molecule has 2 atom stereocenters. The van der Waals surface area contributed by atoms with Gasteiger partial charge in [0.2, 0.25) is 0 Å². The van der Waals surface area contributed by atoms with E-state index in [2.05, 4.69) is 33.2 Å². The largest absolute Gasteiger partial charge is 0.297 e. The van der Waals surface area contributed by atoms with E-state index in [4.69, 9.17) is 34.8 Å². The highest BCUT2D eigenvalue weighted by molar-refractivity contribution is 6.36. The third-order valence-corrected chi connectivity index (χ3v) is 6.85. The van der Waals surface area contributed by atoms with Gasteiger partial charge in [0.05, 0.1) is 10.7 Å². The van der Waals surface area contributed by atoms with Crippen LogP contribution in [0.25, 0.3) is 0 Å². The molecule has 2 aromatic carbocycles. The van der Waals surface area contributed by atoms with E-state index in [1.165, 1.54) is 5.56 Å². The lowest BCUT2D eigenvalue weighted by Gasteiger charge is -2.28. The number of aromatic nitrogens is 2. The fourth-order valence-corrected chi connectivity index (χ4v) is 5.35. The smallest absolute Gasteiger partial charge is 0.290 e. The van der Waals surface area contributed by atoms with Gasteiger partial charge in [0.25, 0.3) is 5.91 Å². The Kier molecular flexibility index (Phi) is 4.50. The molecule has 2 bridgehead atoms. The Hall–Kier alpha value is -2.21. The standard InChI is InChI=1S/C21H17Cl3N4O/c22-13-3-1-12(2-4-13)21-8-7-11(10-21)18-17(21)19(27-26-18)20(29)28-25-16-6-5-14(23)9-15(16)24/h1-6,9,11,25H,7-8,10H2,(H,26,27)(H,28,29). The van der Waals surface area contributed by atoms with Gasteiger partial charge in [-0.25, -0.2) is 0 Å². The zero-order valence-corrected chi connectivity index (χ0v) is 17.5. The molecule has 1 saturated carbocycles. The number of nitrogens with zero attached hydrogens (tertiary/aromatic N) is 1. The van der Waals surface area contributed by atoms with Gasteiger partial charge in [0.15, 0.2) is 5.69 Å². The lowest BCUT2D eigenvalue weighted by Crippen LogP contribution is -2.33. The number of fused-ring (bicyclic) bond motifs is 5. The minimum Gasteiger partial charge on any atom is -0.297 e. The molecule has 0 aliphatic heterocycles. The molecule has 0 radical (unpaired) electrons. The van der Waals surface area contributed by atoms with Crippen LogP contribution in [0, 0.1) is 0 Å². The molecule has 1 heterocycles. The van der Waals surface area contributed by atoms with Crippen molar-refractivity contribution >= 4 is 46.4 Å². The summed E-state index contributed by atoms with van der Waals surface area (Å²) in [6, 6.07) is 12.9. The van der Waals surface area contributed by atoms with Crippen molar-refractivity contribution in [3.63, 3.8) is 0 Å². The Balaban J connectivity index is 1.46. The van der Waals surface area contributed by atoms with Crippen molar-refractivity contribution in [2.75, 3.05) is 5.43 Å². The number of halogens is 3. The first-order valence-corrected chi connectivity index (χ1v) is 10.5. The number of aromatic amines is 1. The summed E-state index contributed by atoms with van der Waals surface area (Å²) in [4.78, 5) is 13.0. The molecule has 5 nitrogen and oxygen atoms in total. The molecule has 8 heteroatoms. The molecule has 3 N–H and O–H groups in total. The normalized spacial score (nSPS) is 21.8. The third kappa shape index (κ3) is 3.00. The minimum atomic E-state index is -0.311. The van der Waals surface area contributed by atoms with Crippen molar-refractivity contribution in [3.05, 3.63) is 80.0 Å². The second-order valence-corrected chi connectivity index (χ2v) is 8.87. The lowest BCUT2D eigenvalue weighted by molar-refractivity contribution is 0.0955. The van der Waals surface area contributed by atoms with Crippen LogP contribution in [0.2, 0.25) is 15.1 Å². The molecule has 3 aromatic rings. The Labute approximate surface area is 182 Å². The summed E-state index contributed by atoms with van der Waals surface area (Å²) in [5.41, 5.74) is 9.58. The molecular weight excluding hydrogens is 431 g/mol. The summed E-state index contributed by atoms with van der Waals surface area (Å²) in [5.74, 6) is 0.0859. The fraction of sp³-hybridized carbons (Fsp3) is 0.238. The van der Waals surface area contributed by atoms with E-state index >= 15 is 0 Å². The SMILES string of the molecule is O=C(NNc1ccc(Cl)cc1Cl)c1n[nH]c2c1C1(c3ccc(Cl)cc3)CCC2C1. The summed E-state index contributed by atoms with van der Waals surface area (Å²) in [6.45, 7) is 0. The average Bonchev–Trinajstić information content (AvgIpc) is 3.40. The third-order valence-electron chi connectivity index (χ3n) is 6.05. The minimum absolute atomic E-state index is 0.206. The first-order valence-electron chi connectivity index (χ1n) is 9.34. The molecular formula is C21H17Cl3N4O. The average molecular weight is 448 g/mol. The van der Waals surface area contributed by atoms with Crippen molar-refractivity contribution in [1.29, 1.82) is 0 Å². The zero-order chi connectivity index (χ0) is 20.2. The van der Waals surface area contributed by atoms with Gasteiger partial charge < -0.3 is 0 Å². The Morgan fingerprint density at radius 1 is 1.10 bits per heavy atom. The van der Waals surface area contributed by atoms with Crippen LogP contribution in [0.4, 0.5) is 5.69 Å². The monoisotopic (exact) mass is 446 g/mol. The van der Waals surface area contributed by atoms with E-state index in [1.54, 1.807) is 18.2 Å². The number of rotatable bonds is 4. The molecule has 1 fully saturated rings. The highest BCUT2D eigenvalue weighted by Crippen LogP contribution is 2.60. The van der Waals surface area contributed by atoms with E-state index < -0.39 is 0 Å². The molecule has 0 saturated heterocycles. The van der Waals surface area contributed by atoms with E-state index in [0.717, 1.165) is 30.5 Å². The first kappa shape index (κ1) is 18.8. The number of nitrogens with one attached hydrogen (secondary N) is 3. The Morgan fingerprint density at radius 2 is 1.86 bits per heavy atom. The van der Waals surface area contributed by atoms with Crippen molar-refractivity contribution < 1.29 is 4.79 Å². The number of carbonyl (C=O) groups excluding carboxylic acids is 1. The Bertz CT molecular complexity index is 1110. The number of hydrazine groups is 1. The van der Waals surface area contributed by atoms with E-state index in [-0.39, 0.29) is 11.3 Å². The first-order chi connectivity index (χ1) is 14.0. The number of amides is 1. The number of H-pyrrole nitrogens is 1. The highest BCUT2D eigenvalue weighted by Gasteiger charge is 2.53. The topological polar surface area (TPSA) is 69.8 Å². The molecule has 2 aliphatic rings. The van der Waals surface area contributed by atoms with E-state index in [9.17, 15) is 4.79 Å². The summed E-state index contributed by atoms with van der Waals surface area (Å²) < 4.78 is 0. The molecule has 148 valence electrons. The number of benzene rings is 2. The molecule has 2 aliphatic carbocycles. The van der Waals surface area contributed by atoms with Gasteiger partial charge >= 0.3 is 0 Å². The van der Waals surface area contributed by atoms with Gasteiger partial charge in [-0.2, -0.15) is 5.10 Å². The van der Waals surface area contributed by atoms with Gasteiger partial charge in [-0.3, -0.25) is 20.7 Å². The van der Waals surface area contributed by atoms with Crippen molar-refractivity contribution in [1.82, 2.24) is 15.6 Å². The zero-order valence-electron chi connectivity index (χ0n) is 15.2. The molecule has 0 spiro atoms. The Morgan fingerprint density at radius 3 is 2.62 bits per heavy atom. The van der Waals surface area contributed by atoms with Crippen LogP contribution in [-0.2, 0) is 5.41 Å². The quantitative estimate of drug-likeness (QED) is 0.450. The molecule has 1 aromatic heterocycles. The van der Waals surface area contributed by atoms with Crippen LogP contribution < -0.4 is 10.9 Å². The van der Waals surface area contributed by atoms with Crippen LogP contribution in [-0.4, -0.2) is 16.1 Å². The van der Waals surface area contributed by atoms with Crippen molar-refractivity contribution in [3.8, 4) is 0 Å². The van der Waals surface area contributed by atoms with Crippen molar-refractivity contribution in [2.45, 2.75) is 30.6 Å². The maximum absolute atomic E-state index is 13.0. The van der Waals surface area contributed by atoms with E-state index in [0.29, 0.717) is 32.4 Å². The highest BCUT2D eigenvalue weighted by atomic mass is 35.5. The molecule has 5 rings (SSSR count). The fourth-order valence-electron chi connectivity index (χ4n) is 4.77. The second-order valence-electron chi connectivity index (χ2n) is 7.59. The van der Waals surface area contributed by atoms with Crippen LogP contribution in [0.5, 0.6) is 0 Å². The lowest BCUT2D eigenvalue weighted by atomic mass is 9.74. The number of carbonyl (C=O) groups is 1. The summed E-state index contributed by atoms with van der Waals surface area (Å²) in [5, 5.41) is 9.12. The van der Waals surface area contributed by atoms with Crippen LogP contribution >= 0.6 is 34.8 Å². The number of hydrogen-bond donors (Lipinski definition) is 3. The van der Waals surface area contributed by atoms with Gasteiger partial charge in [0.1, 0.15) is 0 Å². The predicted molar refractivity (Wildman–Crippen MR) is 115 cm³/mol. The molecule has 29 heavy (non-hydrogen) atoms. The second kappa shape index (κ2) is 6.94. The summed E-state index contributed by atoms with van der Waals surface area (Å²) in [7, 11) is 0. The maximum Gasteiger partial charge on any atom is 0.290 e. The van der Waals surface area contributed by atoms with Gasteiger partial charge in [-0.1, -0.05) is 46.9 Å². The van der Waals surface area contributed by atoms with Crippen molar-refractivity contribution in [2.24, 2.45) is 0 Å². The maximum atomic E-state index is 13.0. The summed E-state index contributed by atoms with van der Waals surface area (Å²) >= 11 is 18.2.